The molecule has 14 heavy (non-hydrogen) atoms. The lowest BCUT2D eigenvalue weighted by Crippen LogP contribution is -1.99. The third-order valence-electron chi connectivity index (χ3n) is 1.68. The van der Waals surface area contributed by atoms with Gasteiger partial charge in [-0.15, -0.1) is 0 Å². The highest BCUT2D eigenvalue weighted by molar-refractivity contribution is 6.35. The largest absolute Gasteiger partial charge is 0.397 e. The zero-order valence-corrected chi connectivity index (χ0v) is 8.04. The Morgan fingerprint density at radius 1 is 1.57 bits per heavy atom. The molecule has 1 rings (SSSR count). The monoisotopic (exact) mass is 214 g/mol. The van der Waals surface area contributed by atoms with Crippen molar-refractivity contribution in [3.63, 3.8) is 0 Å². The number of nitrogen functional groups attached to an aromatic ring is 1. The van der Waals surface area contributed by atoms with E-state index in [1.54, 1.807) is 0 Å². The summed E-state index contributed by atoms with van der Waals surface area (Å²) in [6.45, 7) is 1.30. The van der Waals surface area contributed by atoms with Crippen molar-refractivity contribution in [2.75, 3.05) is 5.73 Å². The third kappa shape index (κ3) is 1.82. The predicted octanol–water partition coefficient (Wildman–Crippen LogP) is 2.03. The molecule has 1 aromatic rings. The zero-order valence-electron chi connectivity index (χ0n) is 7.28. The van der Waals surface area contributed by atoms with Crippen LogP contribution in [0.25, 0.3) is 0 Å². The third-order valence-corrected chi connectivity index (χ3v) is 2.10. The second-order valence-electron chi connectivity index (χ2n) is 2.71. The van der Waals surface area contributed by atoms with Gasteiger partial charge in [0.25, 0.3) is 5.69 Å². The minimum Gasteiger partial charge on any atom is -0.397 e. The molecule has 0 aliphatic heterocycles. The van der Waals surface area contributed by atoms with Gasteiger partial charge in [-0.05, 0) is 13.0 Å². The Morgan fingerprint density at radius 3 is 2.57 bits per heavy atom. The van der Waals surface area contributed by atoms with Gasteiger partial charge in [-0.3, -0.25) is 14.9 Å². The number of nitrogens with two attached hydrogens (primary N) is 1. The molecule has 0 amide bonds. The summed E-state index contributed by atoms with van der Waals surface area (Å²) in [6.07, 6.45) is 0. The Bertz CT molecular complexity index is 417. The molecule has 0 saturated carbocycles. The maximum absolute atomic E-state index is 11.0. The lowest BCUT2D eigenvalue weighted by Gasteiger charge is -2.01. The van der Waals surface area contributed by atoms with Crippen molar-refractivity contribution < 1.29 is 9.72 Å². The molecule has 0 bridgehead atoms. The highest BCUT2D eigenvalue weighted by Gasteiger charge is 2.17. The molecular weight excluding hydrogens is 208 g/mol. The number of ketones is 1. The van der Waals surface area contributed by atoms with E-state index in [0.29, 0.717) is 0 Å². The van der Waals surface area contributed by atoms with Crippen LogP contribution in [0.5, 0.6) is 0 Å². The van der Waals surface area contributed by atoms with Crippen LogP contribution in [0, 0.1) is 10.1 Å². The Labute approximate surface area is 84.6 Å². The number of carbonyl (C=O) groups is 1. The molecule has 0 aliphatic rings. The van der Waals surface area contributed by atoms with Gasteiger partial charge in [-0.1, -0.05) is 11.6 Å². The van der Waals surface area contributed by atoms with Crippen molar-refractivity contribution in [1.82, 2.24) is 0 Å². The molecule has 2 N–H and O–H groups in total. The molecule has 0 unspecified atom stereocenters. The van der Waals surface area contributed by atoms with E-state index in [9.17, 15) is 14.9 Å². The number of Topliss-reactive ketones (excluding diaryl/α,β-unsaturated/α-hetero) is 1. The summed E-state index contributed by atoms with van der Waals surface area (Å²) in [5.41, 5.74) is 5.27. The standard InChI is InChI=1S/C8H7ClN2O3/c1-4(12)5-2-6(10)8(9)7(3-5)11(13)14/h2-3H,10H2,1H3. The Morgan fingerprint density at radius 2 is 2.14 bits per heavy atom. The van der Waals surface area contributed by atoms with E-state index < -0.39 is 4.92 Å². The molecule has 0 aromatic heterocycles. The van der Waals surface area contributed by atoms with Crippen molar-refractivity contribution in [1.29, 1.82) is 0 Å². The highest BCUT2D eigenvalue weighted by atomic mass is 35.5. The van der Waals surface area contributed by atoms with Crippen molar-refractivity contribution in [2.24, 2.45) is 0 Å². The van der Waals surface area contributed by atoms with Crippen molar-refractivity contribution >= 4 is 28.8 Å². The van der Waals surface area contributed by atoms with Crippen molar-refractivity contribution in [2.45, 2.75) is 6.92 Å². The molecule has 6 heteroatoms. The number of hydrogen-bond donors (Lipinski definition) is 1. The quantitative estimate of drug-likeness (QED) is 0.353. The SMILES string of the molecule is CC(=O)c1cc(N)c(Cl)c([N+](=O)[O-])c1. The summed E-state index contributed by atoms with van der Waals surface area (Å²) >= 11 is 5.59. The molecule has 74 valence electrons. The van der Waals surface area contributed by atoms with Crippen molar-refractivity contribution in [3.8, 4) is 0 Å². The van der Waals surface area contributed by atoms with Crippen LogP contribution in [0.3, 0.4) is 0 Å². The van der Waals surface area contributed by atoms with Crippen LogP contribution < -0.4 is 5.73 Å². The van der Waals surface area contributed by atoms with Crippen LogP contribution in [-0.4, -0.2) is 10.7 Å². The molecule has 0 spiro atoms. The predicted molar refractivity (Wildman–Crippen MR) is 52.5 cm³/mol. The molecule has 0 aliphatic carbocycles. The maximum Gasteiger partial charge on any atom is 0.290 e. The highest BCUT2D eigenvalue weighted by Crippen LogP contribution is 2.31. The summed E-state index contributed by atoms with van der Waals surface area (Å²) in [5.74, 6) is -0.295. The lowest BCUT2D eigenvalue weighted by molar-refractivity contribution is -0.384. The number of carbonyl (C=O) groups excluding carboxylic acids is 1. The molecule has 0 heterocycles. The van der Waals surface area contributed by atoms with E-state index in [0.717, 1.165) is 6.07 Å². The van der Waals surface area contributed by atoms with Gasteiger partial charge in [0.2, 0.25) is 0 Å². The first kappa shape index (κ1) is 10.5. The molecule has 5 nitrogen and oxygen atoms in total. The van der Waals surface area contributed by atoms with Gasteiger partial charge in [0, 0.05) is 11.6 Å². The average molecular weight is 215 g/mol. The number of nitro benzene ring substituents is 1. The van der Waals surface area contributed by atoms with Gasteiger partial charge in [0.15, 0.2) is 5.78 Å². The summed E-state index contributed by atoms with van der Waals surface area (Å²) in [7, 11) is 0. The summed E-state index contributed by atoms with van der Waals surface area (Å²) in [6, 6.07) is 2.43. The topological polar surface area (TPSA) is 86.2 Å². The fraction of sp³-hybridized carbons (Fsp3) is 0.125. The fourth-order valence-electron chi connectivity index (χ4n) is 0.967. The van der Waals surface area contributed by atoms with Gasteiger partial charge >= 0.3 is 0 Å². The molecule has 0 atom stereocenters. The summed E-state index contributed by atoms with van der Waals surface area (Å²) < 4.78 is 0. The number of hydrogen-bond acceptors (Lipinski definition) is 4. The first-order valence-corrected chi connectivity index (χ1v) is 4.05. The summed E-state index contributed by atoms with van der Waals surface area (Å²) in [4.78, 5) is 20.8. The van der Waals surface area contributed by atoms with Crippen LogP contribution in [0.4, 0.5) is 11.4 Å². The minimum absolute atomic E-state index is 0.0334. The van der Waals surface area contributed by atoms with E-state index in [-0.39, 0.29) is 27.7 Å². The number of benzene rings is 1. The normalized spacial score (nSPS) is 9.86. The molecule has 0 saturated heterocycles. The molecule has 0 fully saturated rings. The Hall–Kier alpha value is -1.62. The minimum atomic E-state index is -0.675. The van der Waals surface area contributed by atoms with Crippen LogP contribution in [0.2, 0.25) is 5.02 Å². The number of nitrogens with zero attached hydrogens (tertiary/aromatic N) is 1. The van der Waals surface area contributed by atoms with Gasteiger partial charge in [0.05, 0.1) is 10.6 Å². The zero-order chi connectivity index (χ0) is 10.9. The number of anilines is 1. The van der Waals surface area contributed by atoms with E-state index in [2.05, 4.69) is 0 Å². The first-order valence-electron chi connectivity index (χ1n) is 3.68. The van der Waals surface area contributed by atoms with Crippen LogP contribution in [-0.2, 0) is 0 Å². The second kappa shape index (κ2) is 3.63. The summed E-state index contributed by atoms with van der Waals surface area (Å²) in [5, 5.41) is 10.4. The lowest BCUT2D eigenvalue weighted by atomic mass is 10.1. The molecule has 0 radical (unpaired) electrons. The molecular formula is C8H7ClN2O3. The average Bonchev–Trinajstić information content (AvgIpc) is 2.08. The maximum atomic E-state index is 11.0. The van der Waals surface area contributed by atoms with Gasteiger partial charge in [-0.2, -0.15) is 0 Å². The Kier molecular flexibility index (Phi) is 2.71. The fourth-order valence-corrected chi connectivity index (χ4v) is 1.15. The van der Waals surface area contributed by atoms with Gasteiger partial charge in [-0.25, -0.2) is 0 Å². The Balaban J connectivity index is 3.43. The first-order chi connectivity index (χ1) is 6.43. The van der Waals surface area contributed by atoms with Gasteiger partial charge < -0.3 is 5.73 Å². The van der Waals surface area contributed by atoms with Crippen LogP contribution >= 0.6 is 11.6 Å². The van der Waals surface area contributed by atoms with Crippen LogP contribution in [0.1, 0.15) is 17.3 Å². The van der Waals surface area contributed by atoms with E-state index in [4.69, 9.17) is 17.3 Å². The van der Waals surface area contributed by atoms with E-state index in [1.807, 2.05) is 0 Å². The van der Waals surface area contributed by atoms with Crippen LogP contribution in [0.15, 0.2) is 12.1 Å². The van der Waals surface area contributed by atoms with E-state index >= 15 is 0 Å². The number of rotatable bonds is 2. The van der Waals surface area contributed by atoms with E-state index in [1.165, 1.54) is 13.0 Å². The number of nitro groups is 1. The number of halogens is 1. The second-order valence-corrected chi connectivity index (χ2v) is 3.09. The smallest absolute Gasteiger partial charge is 0.290 e. The van der Waals surface area contributed by atoms with Crippen molar-refractivity contribution in [3.05, 3.63) is 32.8 Å². The van der Waals surface area contributed by atoms with Gasteiger partial charge in [0.1, 0.15) is 5.02 Å². The molecule has 1 aromatic carbocycles.